The van der Waals surface area contributed by atoms with E-state index in [0.717, 1.165) is 49.3 Å². The van der Waals surface area contributed by atoms with Crippen molar-refractivity contribution in [3.05, 3.63) is 28.2 Å². The maximum Gasteiger partial charge on any atom is 0.115 e. The SMILES string of the molecule is CCN1CCN(Cc2cc(O)ccc2Br)CC1. The van der Waals surface area contributed by atoms with Gasteiger partial charge in [0.2, 0.25) is 0 Å². The molecular formula is C13H19BrN2O. The van der Waals surface area contributed by atoms with E-state index < -0.39 is 0 Å². The Balaban J connectivity index is 1.95. The number of hydrogen-bond donors (Lipinski definition) is 1. The summed E-state index contributed by atoms with van der Waals surface area (Å²) < 4.78 is 1.08. The molecule has 1 N–H and O–H groups in total. The monoisotopic (exact) mass is 298 g/mol. The number of likely N-dealkylation sites (N-methyl/N-ethyl adjacent to an activating group) is 1. The highest BCUT2D eigenvalue weighted by molar-refractivity contribution is 9.10. The number of rotatable bonds is 3. The second-order valence-corrected chi connectivity index (χ2v) is 5.34. The van der Waals surface area contributed by atoms with Crippen LogP contribution < -0.4 is 0 Å². The molecule has 0 amide bonds. The van der Waals surface area contributed by atoms with Gasteiger partial charge in [-0.05, 0) is 30.3 Å². The molecule has 1 fully saturated rings. The van der Waals surface area contributed by atoms with E-state index in [4.69, 9.17) is 0 Å². The third-order valence-electron chi connectivity index (χ3n) is 3.34. The fraction of sp³-hybridized carbons (Fsp3) is 0.538. The fourth-order valence-corrected chi connectivity index (χ4v) is 2.56. The van der Waals surface area contributed by atoms with Gasteiger partial charge in [0.05, 0.1) is 0 Å². The van der Waals surface area contributed by atoms with Crippen molar-refractivity contribution in [2.75, 3.05) is 32.7 Å². The van der Waals surface area contributed by atoms with Gasteiger partial charge in [0.15, 0.2) is 0 Å². The Morgan fingerprint density at radius 3 is 2.47 bits per heavy atom. The lowest BCUT2D eigenvalue weighted by Crippen LogP contribution is -2.45. The molecule has 0 saturated carbocycles. The average Bonchev–Trinajstić information content (AvgIpc) is 2.35. The molecule has 0 spiro atoms. The zero-order valence-corrected chi connectivity index (χ0v) is 11.8. The van der Waals surface area contributed by atoms with Crippen molar-refractivity contribution in [2.24, 2.45) is 0 Å². The molecule has 0 unspecified atom stereocenters. The third kappa shape index (κ3) is 3.44. The molecule has 3 nitrogen and oxygen atoms in total. The number of hydrogen-bond acceptors (Lipinski definition) is 3. The molecule has 0 bridgehead atoms. The second-order valence-electron chi connectivity index (χ2n) is 4.49. The van der Waals surface area contributed by atoms with Crippen molar-refractivity contribution in [3.8, 4) is 5.75 Å². The summed E-state index contributed by atoms with van der Waals surface area (Å²) in [7, 11) is 0. The minimum Gasteiger partial charge on any atom is -0.508 e. The molecule has 1 saturated heterocycles. The first-order valence-corrected chi connectivity index (χ1v) is 6.90. The van der Waals surface area contributed by atoms with Gasteiger partial charge in [0.25, 0.3) is 0 Å². The van der Waals surface area contributed by atoms with Gasteiger partial charge in [-0.25, -0.2) is 0 Å². The van der Waals surface area contributed by atoms with Gasteiger partial charge in [-0.1, -0.05) is 22.9 Å². The number of nitrogens with zero attached hydrogens (tertiary/aromatic N) is 2. The number of phenolic OH excluding ortho intramolecular Hbond substituents is 1. The number of halogens is 1. The molecule has 1 aliphatic heterocycles. The summed E-state index contributed by atoms with van der Waals surface area (Å²) in [6.07, 6.45) is 0. The van der Waals surface area contributed by atoms with E-state index >= 15 is 0 Å². The van der Waals surface area contributed by atoms with Crippen LogP contribution in [0.15, 0.2) is 22.7 Å². The molecular weight excluding hydrogens is 280 g/mol. The van der Waals surface area contributed by atoms with Gasteiger partial charge in [-0.15, -0.1) is 0 Å². The largest absolute Gasteiger partial charge is 0.508 e. The highest BCUT2D eigenvalue weighted by atomic mass is 79.9. The van der Waals surface area contributed by atoms with Crippen molar-refractivity contribution >= 4 is 15.9 Å². The summed E-state index contributed by atoms with van der Waals surface area (Å²) in [5.74, 6) is 0.343. The lowest BCUT2D eigenvalue weighted by molar-refractivity contribution is 0.131. The van der Waals surface area contributed by atoms with Gasteiger partial charge in [0.1, 0.15) is 5.75 Å². The lowest BCUT2D eigenvalue weighted by atomic mass is 10.2. The molecule has 1 aromatic rings. The quantitative estimate of drug-likeness (QED) is 0.927. The van der Waals surface area contributed by atoms with E-state index in [1.54, 1.807) is 6.07 Å². The predicted molar refractivity (Wildman–Crippen MR) is 73.2 cm³/mol. The summed E-state index contributed by atoms with van der Waals surface area (Å²) >= 11 is 3.53. The summed E-state index contributed by atoms with van der Waals surface area (Å²) in [4.78, 5) is 4.90. The Hall–Kier alpha value is -0.580. The van der Waals surface area contributed by atoms with Crippen LogP contribution in [-0.2, 0) is 6.54 Å². The van der Waals surface area contributed by atoms with E-state index in [9.17, 15) is 5.11 Å². The number of piperazine rings is 1. The first kappa shape index (κ1) is 12.9. The van der Waals surface area contributed by atoms with E-state index in [1.807, 2.05) is 12.1 Å². The maximum absolute atomic E-state index is 9.50. The molecule has 94 valence electrons. The van der Waals surface area contributed by atoms with Crippen LogP contribution in [0.3, 0.4) is 0 Å². The molecule has 0 atom stereocenters. The van der Waals surface area contributed by atoms with E-state index in [-0.39, 0.29) is 0 Å². The van der Waals surface area contributed by atoms with Crippen LogP contribution in [0.5, 0.6) is 5.75 Å². The van der Waals surface area contributed by atoms with E-state index in [2.05, 4.69) is 32.7 Å². The Bertz CT molecular complexity index is 376. The van der Waals surface area contributed by atoms with Crippen molar-refractivity contribution in [2.45, 2.75) is 13.5 Å². The molecule has 1 aliphatic rings. The first-order chi connectivity index (χ1) is 8.19. The zero-order valence-electron chi connectivity index (χ0n) is 10.2. The molecule has 0 aliphatic carbocycles. The lowest BCUT2D eigenvalue weighted by Gasteiger charge is -2.34. The van der Waals surface area contributed by atoms with E-state index in [0.29, 0.717) is 5.75 Å². The molecule has 17 heavy (non-hydrogen) atoms. The Kier molecular flexibility index (Phi) is 4.42. The fourth-order valence-electron chi connectivity index (χ4n) is 2.19. The zero-order chi connectivity index (χ0) is 12.3. The summed E-state index contributed by atoms with van der Waals surface area (Å²) in [5.41, 5.74) is 1.16. The van der Waals surface area contributed by atoms with Crippen LogP contribution >= 0.6 is 15.9 Å². The Labute approximate surface area is 111 Å². The summed E-state index contributed by atoms with van der Waals surface area (Å²) in [5, 5.41) is 9.50. The highest BCUT2D eigenvalue weighted by Crippen LogP contribution is 2.23. The van der Waals surface area contributed by atoms with Crippen LogP contribution in [0.1, 0.15) is 12.5 Å². The number of aromatic hydroxyl groups is 1. The minimum atomic E-state index is 0.343. The Morgan fingerprint density at radius 1 is 1.18 bits per heavy atom. The summed E-state index contributed by atoms with van der Waals surface area (Å²) in [6.45, 7) is 8.77. The van der Waals surface area contributed by atoms with Gasteiger partial charge >= 0.3 is 0 Å². The van der Waals surface area contributed by atoms with Crippen LogP contribution in [-0.4, -0.2) is 47.6 Å². The molecule has 1 aromatic carbocycles. The van der Waals surface area contributed by atoms with Crippen LogP contribution in [0.2, 0.25) is 0 Å². The maximum atomic E-state index is 9.50. The number of phenols is 1. The second kappa shape index (κ2) is 5.85. The molecule has 1 heterocycles. The topological polar surface area (TPSA) is 26.7 Å². The summed E-state index contributed by atoms with van der Waals surface area (Å²) in [6, 6.07) is 5.46. The van der Waals surface area contributed by atoms with Crippen molar-refractivity contribution in [1.29, 1.82) is 0 Å². The number of benzene rings is 1. The van der Waals surface area contributed by atoms with Crippen LogP contribution in [0, 0.1) is 0 Å². The van der Waals surface area contributed by atoms with Crippen molar-refractivity contribution < 1.29 is 5.11 Å². The average molecular weight is 299 g/mol. The van der Waals surface area contributed by atoms with Crippen molar-refractivity contribution in [3.63, 3.8) is 0 Å². The van der Waals surface area contributed by atoms with Crippen molar-refractivity contribution in [1.82, 2.24) is 9.80 Å². The van der Waals surface area contributed by atoms with Gasteiger partial charge in [-0.2, -0.15) is 0 Å². The minimum absolute atomic E-state index is 0.343. The van der Waals surface area contributed by atoms with Gasteiger partial charge in [-0.3, -0.25) is 4.90 Å². The highest BCUT2D eigenvalue weighted by Gasteiger charge is 2.16. The third-order valence-corrected chi connectivity index (χ3v) is 4.11. The standard InChI is InChI=1S/C13H19BrN2O/c1-2-15-5-7-16(8-6-15)10-11-9-12(17)3-4-13(11)14/h3-4,9,17H,2,5-8,10H2,1H3. The van der Waals surface area contributed by atoms with Gasteiger partial charge < -0.3 is 10.0 Å². The molecule has 2 rings (SSSR count). The predicted octanol–water partition coefficient (Wildman–Crippen LogP) is 2.29. The molecule has 4 heteroatoms. The molecule has 0 aromatic heterocycles. The smallest absolute Gasteiger partial charge is 0.115 e. The van der Waals surface area contributed by atoms with E-state index in [1.165, 1.54) is 0 Å². The van der Waals surface area contributed by atoms with Crippen LogP contribution in [0.4, 0.5) is 0 Å². The van der Waals surface area contributed by atoms with Gasteiger partial charge in [0, 0.05) is 37.2 Å². The normalized spacial score (nSPS) is 18.5. The first-order valence-electron chi connectivity index (χ1n) is 6.11. The molecule has 0 radical (unpaired) electrons. The Morgan fingerprint density at radius 2 is 1.82 bits per heavy atom. The van der Waals surface area contributed by atoms with Crippen LogP contribution in [0.25, 0.3) is 0 Å².